The van der Waals surface area contributed by atoms with E-state index in [1.54, 1.807) is 12.3 Å². The molecule has 0 aromatic carbocycles. The summed E-state index contributed by atoms with van der Waals surface area (Å²) < 4.78 is 0. The Morgan fingerprint density at radius 1 is 1.62 bits per heavy atom. The molecule has 0 amide bonds. The van der Waals surface area contributed by atoms with Gasteiger partial charge in [0.1, 0.15) is 0 Å². The Labute approximate surface area is 76.4 Å². The van der Waals surface area contributed by atoms with Gasteiger partial charge in [0, 0.05) is 11.9 Å². The van der Waals surface area contributed by atoms with Crippen molar-refractivity contribution in [3.8, 4) is 0 Å². The molecule has 3 heteroatoms. The molecule has 1 aliphatic carbocycles. The summed E-state index contributed by atoms with van der Waals surface area (Å²) in [6, 6.07) is 3.66. The van der Waals surface area contributed by atoms with Gasteiger partial charge >= 0.3 is 5.97 Å². The number of aliphatic carboxylic acids is 1. The van der Waals surface area contributed by atoms with Crippen molar-refractivity contribution in [2.75, 3.05) is 0 Å². The Morgan fingerprint density at radius 3 is 2.77 bits per heavy atom. The van der Waals surface area contributed by atoms with Crippen LogP contribution in [-0.4, -0.2) is 16.1 Å². The molecule has 13 heavy (non-hydrogen) atoms. The normalized spacial score (nSPS) is 18.2. The van der Waals surface area contributed by atoms with Crippen LogP contribution >= 0.6 is 0 Å². The minimum absolute atomic E-state index is 0.590. The van der Waals surface area contributed by atoms with Crippen molar-refractivity contribution in [3.05, 3.63) is 29.6 Å². The molecule has 0 saturated heterocycles. The van der Waals surface area contributed by atoms with Gasteiger partial charge in [-0.15, -0.1) is 0 Å². The van der Waals surface area contributed by atoms with E-state index in [1.807, 2.05) is 13.0 Å². The third kappa shape index (κ3) is 1.20. The molecule has 1 aromatic rings. The Morgan fingerprint density at radius 2 is 2.31 bits per heavy atom. The molecule has 2 rings (SSSR count). The highest BCUT2D eigenvalue weighted by atomic mass is 16.4. The molecule has 1 saturated carbocycles. The van der Waals surface area contributed by atoms with E-state index in [4.69, 9.17) is 5.11 Å². The lowest BCUT2D eigenvalue weighted by atomic mass is 9.97. The summed E-state index contributed by atoms with van der Waals surface area (Å²) in [5.74, 6) is -0.710. The molecule has 0 radical (unpaired) electrons. The van der Waals surface area contributed by atoms with Crippen molar-refractivity contribution in [1.82, 2.24) is 4.98 Å². The number of carboxylic acid groups (broad SMARTS) is 1. The zero-order chi connectivity index (χ0) is 9.47. The smallest absolute Gasteiger partial charge is 0.314 e. The van der Waals surface area contributed by atoms with E-state index in [0.29, 0.717) is 0 Å². The maximum absolute atomic E-state index is 11.0. The molecule has 3 nitrogen and oxygen atoms in total. The first kappa shape index (κ1) is 8.23. The number of nitrogens with zero attached hydrogens (tertiary/aromatic N) is 1. The summed E-state index contributed by atoms with van der Waals surface area (Å²) in [7, 11) is 0. The van der Waals surface area contributed by atoms with Crippen LogP contribution < -0.4 is 0 Å². The molecule has 0 unspecified atom stereocenters. The number of hydrogen-bond acceptors (Lipinski definition) is 2. The van der Waals surface area contributed by atoms with E-state index >= 15 is 0 Å². The van der Waals surface area contributed by atoms with Gasteiger partial charge in [0.25, 0.3) is 0 Å². The highest BCUT2D eigenvalue weighted by Crippen LogP contribution is 2.48. The van der Waals surface area contributed by atoms with E-state index < -0.39 is 11.4 Å². The van der Waals surface area contributed by atoms with Crippen molar-refractivity contribution >= 4 is 5.97 Å². The predicted molar refractivity (Wildman–Crippen MR) is 47.5 cm³/mol. The summed E-state index contributed by atoms with van der Waals surface area (Å²) in [4.78, 5) is 15.0. The van der Waals surface area contributed by atoms with Gasteiger partial charge in [0.2, 0.25) is 0 Å². The first-order valence-corrected chi connectivity index (χ1v) is 4.32. The van der Waals surface area contributed by atoms with Crippen molar-refractivity contribution in [3.63, 3.8) is 0 Å². The Balaban J connectivity index is 2.41. The lowest BCUT2D eigenvalue weighted by Crippen LogP contribution is -2.19. The summed E-state index contributed by atoms with van der Waals surface area (Å²) in [5.41, 5.74) is 1.19. The zero-order valence-corrected chi connectivity index (χ0v) is 7.45. The molecular weight excluding hydrogens is 166 g/mol. The van der Waals surface area contributed by atoms with Gasteiger partial charge in [-0.3, -0.25) is 9.78 Å². The van der Waals surface area contributed by atoms with Crippen LogP contribution in [-0.2, 0) is 10.2 Å². The quantitative estimate of drug-likeness (QED) is 0.744. The van der Waals surface area contributed by atoms with Crippen LogP contribution in [0.5, 0.6) is 0 Å². The third-order valence-corrected chi connectivity index (χ3v) is 2.61. The van der Waals surface area contributed by atoms with Crippen molar-refractivity contribution in [2.45, 2.75) is 25.2 Å². The zero-order valence-electron chi connectivity index (χ0n) is 7.45. The second-order valence-corrected chi connectivity index (χ2v) is 3.57. The topological polar surface area (TPSA) is 50.2 Å². The van der Waals surface area contributed by atoms with Crippen LogP contribution in [0.15, 0.2) is 18.3 Å². The van der Waals surface area contributed by atoms with Gasteiger partial charge in [-0.25, -0.2) is 0 Å². The number of hydrogen-bond donors (Lipinski definition) is 1. The number of aryl methyl sites for hydroxylation is 1. The molecule has 0 aliphatic heterocycles. The number of aromatic nitrogens is 1. The fourth-order valence-corrected chi connectivity index (χ4v) is 1.59. The van der Waals surface area contributed by atoms with Crippen molar-refractivity contribution < 1.29 is 9.90 Å². The molecular formula is C10H11NO2. The van der Waals surface area contributed by atoms with E-state index in [0.717, 1.165) is 24.1 Å². The van der Waals surface area contributed by atoms with Crippen LogP contribution in [0, 0.1) is 6.92 Å². The van der Waals surface area contributed by atoms with Gasteiger partial charge in [0.15, 0.2) is 0 Å². The van der Waals surface area contributed by atoms with Crippen LogP contribution in [0.4, 0.5) is 0 Å². The molecule has 1 aromatic heterocycles. The Bertz CT molecular complexity index is 356. The van der Waals surface area contributed by atoms with Gasteiger partial charge in [-0.1, -0.05) is 0 Å². The molecule has 68 valence electrons. The number of pyridine rings is 1. The average molecular weight is 177 g/mol. The number of carboxylic acids is 1. The molecule has 0 bridgehead atoms. The summed E-state index contributed by atoms with van der Waals surface area (Å²) >= 11 is 0. The molecule has 1 heterocycles. The third-order valence-electron chi connectivity index (χ3n) is 2.61. The summed E-state index contributed by atoms with van der Waals surface area (Å²) in [6.45, 7) is 1.88. The fourth-order valence-electron chi connectivity index (χ4n) is 1.59. The van der Waals surface area contributed by atoms with Gasteiger partial charge < -0.3 is 5.11 Å². The van der Waals surface area contributed by atoms with Crippen molar-refractivity contribution in [2.24, 2.45) is 0 Å². The standard InChI is InChI=1S/C10H11NO2/c1-7-6-8(2-5-11-7)10(3-4-10)9(12)13/h2,5-6H,3-4H2,1H3,(H,12,13). The maximum atomic E-state index is 11.0. The summed E-state index contributed by atoms with van der Waals surface area (Å²) in [6.07, 6.45) is 3.19. The van der Waals surface area contributed by atoms with Crippen LogP contribution in [0.2, 0.25) is 0 Å². The van der Waals surface area contributed by atoms with Crippen molar-refractivity contribution in [1.29, 1.82) is 0 Å². The van der Waals surface area contributed by atoms with Gasteiger partial charge in [-0.2, -0.15) is 0 Å². The predicted octanol–water partition coefficient (Wildman–Crippen LogP) is 1.51. The van der Waals surface area contributed by atoms with Crippen LogP contribution in [0.1, 0.15) is 24.1 Å². The second-order valence-electron chi connectivity index (χ2n) is 3.57. The molecule has 0 spiro atoms. The van der Waals surface area contributed by atoms with E-state index in [2.05, 4.69) is 4.98 Å². The molecule has 1 fully saturated rings. The summed E-state index contributed by atoms with van der Waals surface area (Å²) in [5, 5.41) is 9.03. The highest BCUT2D eigenvalue weighted by molar-refractivity contribution is 5.84. The lowest BCUT2D eigenvalue weighted by Gasteiger charge is -2.09. The molecule has 1 N–H and O–H groups in total. The number of carbonyl (C=O) groups is 1. The lowest BCUT2D eigenvalue weighted by molar-refractivity contribution is -0.140. The average Bonchev–Trinajstić information content (AvgIpc) is 2.83. The molecule has 0 atom stereocenters. The van der Waals surface area contributed by atoms with Gasteiger partial charge in [-0.05, 0) is 37.5 Å². The molecule has 1 aliphatic rings. The second kappa shape index (κ2) is 2.55. The Hall–Kier alpha value is -1.38. The first-order chi connectivity index (χ1) is 6.15. The minimum Gasteiger partial charge on any atom is -0.481 e. The SMILES string of the molecule is Cc1cc(C2(C(=O)O)CC2)ccn1. The number of rotatable bonds is 2. The van der Waals surface area contributed by atoms with E-state index in [-0.39, 0.29) is 0 Å². The minimum atomic E-state index is -0.710. The Kier molecular flexibility index (Phi) is 1.62. The van der Waals surface area contributed by atoms with Crippen LogP contribution in [0.3, 0.4) is 0 Å². The van der Waals surface area contributed by atoms with Crippen LogP contribution in [0.25, 0.3) is 0 Å². The van der Waals surface area contributed by atoms with E-state index in [1.165, 1.54) is 0 Å². The largest absolute Gasteiger partial charge is 0.481 e. The monoisotopic (exact) mass is 177 g/mol. The van der Waals surface area contributed by atoms with Gasteiger partial charge in [0.05, 0.1) is 5.41 Å². The fraction of sp³-hybridized carbons (Fsp3) is 0.400. The van der Waals surface area contributed by atoms with E-state index in [9.17, 15) is 4.79 Å². The highest BCUT2D eigenvalue weighted by Gasteiger charge is 2.51. The maximum Gasteiger partial charge on any atom is 0.314 e. The first-order valence-electron chi connectivity index (χ1n) is 4.32.